The number of hydrogen-bond acceptors (Lipinski definition) is 1. The Hall–Kier alpha value is -0.480. The molecule has 0 aromatic carbocycles. The lowest BCUT2D eigenvalue weighted by Gasteiger charge is -2.18. The summed E-state index contributed by atoms with van der Waals surface area (Å²) in [5.41, 5.74) is 0.402. The van der Waals surface area contributed by atoms with E-state index in [2.05, 4.69) is 24.1 Å². The average Bonchev–Trinajstić information content (AvgIpc) is 2.84. The van der Waals surface area contributed by atoms with Crippen LogP contribution in [-0.4, -0.2) is 12.6 Å². The Morgan fingerprint density at radius 2 is 2.17 bits per heavy atom. The predicted octanol–water partition coefficient (Wildman–Crippen LogP) is 1.93. The van der Waals surface area contributed by atoms with Crippen molar-refractivity contribution in [3.63, 3.8) is 0 Å². The molecule has 66 valence electrons. The Balaban J connectivity index is 1.86. The van der Waals surface area contributed by atoms with Crippen LogP contribution in [0.3, 0.4) is 0 Å². The van der Waals surface area contributed by atoms with Crippen molar-refractivity contribution in [3.8, 4) is 11.8 Å². The van der Waals surface area contributed by atoms with Gasteiger partial charge in [-0.3, -0.25) is 0 Å². The lowest BCUT2D eigenvalue weighted by molar-refractivity contribution is 0.463. The summed E-state index contributed by atoms with van der Waals surface area (Å²) >= 11 is 0. The van der Waals surface area contributed by atoms with E-state index in [0.717, 1.165) is 6.54 Å². The molecule has 1 nitrogen and oxygen atoms in total. The summed E-state index contributed by atoms with van der Waals surface area (Å²) in [6.45, 7) is 3.43. The van der Waals surface area contributed by atoms with Gasteiger partial charge in [0.25, 0.3) is 0 Å². The van der Waals surface area contributed by atoms with Crippen molar-refractivity contribution < 1.29 is 0 Å². The highest BCUT2D eigenvalue weighted by Gasteiger charge is 2.35. The molecule has 2 rings (SSSR count). The minimum atomic E-state index is 0.402. The van der Waals surface area contributed by atoms with Crippen LogP contribution in [0.2, 0.25) is 0 Å². The lowest BCUT2D eigenvalue weighted by Crippen LogP contribution is -2.32. The van der Waals surface area contributed by atoms with Crippen molar-refractivity contribution in [2.45, 2.75) is 45.1 Å². The number of piperidine rings is 1. The zero-order chi connectivity index (χ0) is 8.44. The molecule has 1 aliphatic carbocycles. The average molecular weight is 163 g/mol. The third kappa shape index (κ3) is 2.01. The smallest absolute Gasteiger partial charge is 0.0689 e. The fourth-order valence-electron chi connectivity index (χ4n) is 1.55. The van der Waals surface area contributed by atoms with Crippen molar-refractivity contribution >= 4 is 0 Å². The Bertz CT molecular complexity index is 211. The van der Waals surface area contributed by atoms with E-state index in [9.17, 15) is 0 Å². The Morgan fingerprint density at radius 3 is 2.75 bits per heavy atom. The van der Waals surface area contributed by atoms with Gasteiger partial charge in [0, 0.05) is 5.41 Å². The minimum absolute atomic E-state index is 0.402. The van der Waals surface area contributed by atoms with E-state index in [4.69, 9.17) is 0 Å². The molecule has 1 saturated carbocycles. The predicted molar refractivity (Wildman–Crippen MR) is 50.8 cm³/mol. The topological polar surface area (TPSA) is 12.0 Å². The zero-order valence-electron chi connectivity index (χ0n) is 7.82. The zero-order valence-corrected chi connectivity index (χ0v) is 7.82. The van der Waals surface area contributed by atoms with Crippen molar-refractivity contribution in [3.05, 3.63) is 0 Å². The van der Waals surface area contributed by atoms with E-state index in [0.29, 0.717) is 11.5 Å². The van der Waals surface area contributed by atoms with Gasteiger partial charge in [-0.2, -0.15) is 0 Å². The molecule has 2 aliphatic rings. The van der Waals surface area contributed by atoms with Gasteiger partial charge in [-0.25, -0.2) is 0 Å². The van der Waals surface area contributed by atoms with Gasteiger partial charge < -0.3 is 5.32 Å². The molecule has 1 N–H and O–H groups in total. The summed E-state index contributed by atoms with van der Waals surface area (Å²) in [5, 5.41) is 3.45. The van der Waals surface area contributed by atoms with Crippen molar-refractivity contribution in [1.82, 2.24) is 5.32 Å². The Morgan fingerprint density at radius 1 is 1.33 bits per heavy atom. The largest absolute Gasteiger partial charge is 0.304 e. The number of rotatable bonds is 0. The molecule has 0 aromatic heterocycles. The first-order valence-electron chi connectivity index (χ1n) is 5.05. The van der Waals surface area contributed by atoms with Crippen LogP contribution >= 0.6 is 0 Å². The van der Waals surface area contributed by atoms with Crippen LogP contribution in [0.25, 0.3) is 0 Å². The summed E-state index contributed by atoms with van der Waals surface area (Å²) in [4.78, 5) is 0. The molecule has 1 saturated heterocycles. The summed E-state index contributed by atoms with van der Waals surface area (Å²) < 4.78 is 0. The second kappa shape index (κ2) is 3.11. The van der Waals surface area contributed by atoms with E-state index in [1.165, 1.54) is 32.1 Å². The molecule has 0 bridgehead atoms. The van der Waals surface area contributed by atoms with Crippen LogP contribution in [0.1, 0.15) is 39.0 Å². The molecule has 0 radical (unpaired) electrons. The standard InChI is InChI=1S/C11H17N/c1-11(7-8-11)6-5-10-4-2-3-9-12-10/h10,12H,2-4,7-9H2,1H3. The third-order valence-electron chi connectivity index (χ3n) is 2.86. The van der Waals surface area contributed by atoms with E-state index in [1.54, 1.807) is 0 Å². The van der Waals surface area contributed by atoms with E-state index in [-0.39, 0.29) is 0 Å². The second-order valence-corrected chi connectivity index (χ2v) is 4.33. The highest BCUT2D eigenvalue weighted by Crippen LogP contribution is 2.44. The van der Waals surface area contributed by atoms with Gasteiger partial charge >= 0.3 is 0 Å². The van der Waals surface area contributed by atoms with Crippen LogP contribution in [0.5, 0.6) is 0 Å². The fourth-order valence-corrected chi connectivity index (χ4v) is 1.55. The molecule has 0 amide bonds. The summed E-state index contributed by atoms with van der Waals surface area (Å²) in [7, 11) is 0. The second-order valence-electron chi connectivity index (χ2n) is 4.33. The van der Waals surface area contributed by atoms with Crippen LogP contribution in [0.15, 0.2) is 0 Å². The third-order valence-corrected chi connectivity index (χ3v) is 2.86. The molecule has 1 heteroatoms. The highest BCUT2D eigenvalue weighted by molar-refractivity contribution is 5.20. The summed E-state index contributed by atoms with van der Waals surface area (Å²) in [5.74, 6) is 6.75. The highest BCUT2D eigenvalue weighted by atomic mass is 14.9. The first kappa shape index (κ1) is 8.13. The SMILES string of the molecule is CC1(C#CC2CCCCN2)CC1. The van der Waals surface area contributed by atoms with Gasteiger partial charge in [-0.1, -0.05) is 11.8 Å². The van der Waals surface area contributed by atoms with E-state index < -0.39 is 0 Å². The van der Waals surface area contributed by atoms with E-state index in [1.807, 2.05) is 0 Å². The molecule has 1 aliphatic heterocycles. The van der Waals surface area contributed by atoms with Crippen molar-refractivity contribution in [1.29, 1.82) is 0 Å². The first-order chi connectivity index (χ1) is 5.79. The number of hydrogen-bond donors (Lipinski definition) is 1. The van der Waals surface area contributed by atoms with E-state index >= 15 is 0 Å². The van der Waals surface area contributed by atoms with Crippen LogP contribution in [-0.2, 0) is 0 Å². The first-order valence-corrected chi connectivity index (χ1v) is 5.05. The summed E-state index contributed by atoms with van der Waals surface area (Å²) in [6, 6.07) is 0.496. The maximum Gasteiger partial charge on any atom is 0.0689 e. The van der Waals surface area contributed by atoms with Gasteiger partial charge in [0.2, 0.25) is 0 Å². The molecule has 2 fully saturated rings. The van der Waals surface area contributed by atoms with Gasteiger partial charge in [0.05, 0.1) is 6.04 Å². The Labute approximate surface area is 74.9 Å². The van der Waals surface area contributed by atoms with Crippen LogP contribution in [0.4, 0.5) is 0 Å². The summed E-state index contributed by atoms with van der Waals surface area (Å²) in [6.07, 6.45) is 6.56. The molecule has 0 aromatic rings. The maximum absolute atomic E-state index is 3.45. The monoisotopic (exact) mass is 163 g/mol. The maximum atomic E-state index is 3.45. The lowest BCUT2D eigenvalue weighted by atomic mass is 10.0. The molecule has 1 unspecified atom stereocenters. The Kier molecular flexibility index (Phi) is 2.11. The molecule has 12 heavy (non-hydrogen) atoms. The van der Waals surface area contributed by atoms with Gasteiger partial charge in [-0.05, 0) is 45.6 Å². The van der Waals surface area contributed by atoms with Crippen LogP contribution < -0.4 is 5.32 Å². The minimum Gasteiger partial charge on any atom is -0.304 e. The van der Waals surface area contributed by atoms with Crippen molar-refractivity contribution in [2.75, 3.05) is 6.54 Å². The van der Waals surface area contributed by atoms with Gasteiger partial charge in [0.1, 0.15) is 0 Å². The van der Waals surface area contributed by atoms with Crippen molar-refractivity contribution in [2.24, 2.45) is 5.41 Å². The van der Waals surface area contributed by atoms with Crippen LogP contribution in [0, 0.1) is 17.3 Å². The molecular weight excluding hydrogens is 146 g/mol. The molecule has 0 spiro atoms. The fraction of sp³-hybridized carbons (Fsp3) is 0.818. The molecular formula is C11H17N. The van der Waals surface area contributed by atoms with Gasteiger partial charge in [-0.15, -0.1) is 0 Å². The quantitative estimate of drug-likeness (QED) is 0.538. The molecule has 1 atom stereocenters. The molecule has 1 heterocycles. The number of nitrogens with one attached hydrogen (secondary N) is 1. The normalized spacial score (nSPS) is 31.9. The van der Waals surface area contributed by atoms with Gasteiger partial charge in [0.15, 0.2) is 0 Å².